The molecule has 240 valence electrons. The lowest BCUT2D eigenvalue weighted by Crippen LogP contribution is -2.11. The maximum atomic E-state index is 2.43. The molecule has 0 atom stereocenters. The van der Waals surface area contributed by atoms with Crippen LogP contribution in [0.1, 0.15) is 0 Å². The molecule has 0 saturated carbocycles. The van der Waals surface area contributed by atoms with Crippen molar-refractivity contribution in [2.45, 2.75) is 0 Å². The zero-order valence-corrected chi connectivity index (χ0v) is 28.2. The number of hydrogen-bond acceptors (Lipinski definition) is 1. The fourth-order valence-electron chi connectivity index (χ4n) is 7.31. The molecule has 0 aliphatic rings. The van der Waals surface area contributed by atoms with Gasteiger partial charge in [0.25, 0.3) is 0 Å². The lowest BCUT2D eigenvalue weighted by atomic mass is 9.94. The third kappa shape index (κ3) is 5.96. The molecule has 0 bridgehead atoms. The lowest BCUT2D eigenvalue weighted by Gasteiger charge is -2.28. The van der Waals surface area contributed by atoms with Crippen LogP contribution in [0.15, 0.2) is 212 Å². The van der Waals surface area contributed by atoms with Gasteiger partial charge in [-0.2, -0.15) is 0 Å². The van der Waals surface area contributed by atoms with E-state index in [2.05, 4.69) is 217 Å². The van der Waals surface area contributed by atoms with Crippen LogP contribution in [-0.2, 0) is 0 Å². The van der Waals surface area contributed by atoms with Crippen LogP contribution >= 0.6 is 0 Å². The Kier molecular flexibility index (Phi) is 7.92. The van der Waals surface area contributed by atoms with Crippen molar-refractivity contribution in [1.29, 1.82) is 0 Å². The fraction of sp³-hybridized carbons (Fsp3) is 0. The maximum absolute atomic E-state index is 2.43. The van der Waals surface area contributed by atoms with Gasteiger partial charge in [0.15, 0.2) is 0 Å². The van der Waals surface area contributed by atoms with Crippen molar-refractivity contribution in [1.82, 2.24) is 0 Å². The molecule has 1 heteroatoms. The van der Waals surface area contributed by atoms with Crippen molar-refractivity contribution in [3.05, 3.63) is 212 Å². The summed E-state index contributed by atoms with van der Waals surface area (Å²) in [6.45, 7) is 0. The van der Waals surface area contributed by atoms with Crippen LogP contribution in [0.3, 0.4) is 0 Å². The summed E-state index contributed by atoms with van der Waals surface area (Å²) in [6, 6.07) is 76.8. The lowest BCUT2D eigenvalue weighted by molar-refractivity contribution is 1.30. The monoisotopic (exact) mass is 649 g/mol. The Balaban J connectivity index is 1.26. The van der Waals surface area contributed by atoms with Crippen LogP contribution in [-0.4, -0.2) is 0 Å². The van der Waals surface area contributed by atoms with E-state index in [-0.39, 0.29) is 0 Å². The predicted octanol–water partition coefficient (Wildman–Crippen LogP) is 14.1. The number of nitrogens with zero attached hydrogens (tertiary/aromatic N) is 1. The highest BCUT2D eigenvalue weighted by Gasteiger charge is 2.19. The number of fused-ring (bicyclic) bond motifs is 2. The van der Waals surface area contributed by atoms with Gasteiger partial charge in [-0.1, -0.05) is 170 Å². The molecule has 0 unspecified atom stereocenters. The normalized spacial score (nSPS) is 11.1. The summed E-state index contributed by atoms with van der Waals surface area (Å²) < 4.78 is 0. The van der Waals surface area contributed by atoms with Gasteiger partial charge in [-0.25, -0.2) is 0 Å². The quantitative estimate of drug-likeness (QED) is 0.166. The molecule has 0 fully saturated rings. The molecular formula is C50H35N. The molecule has 0 aliphatic heterocycles. The molecule has 0 N–H and O–H groups in total. The molecule has 9 aromatic rings. The summed E-state index contributed by atoms with van der Waals surface area (Å²) in [6.07, 6.45) is 0. The summed E-state index contributed by atoms with van der Waals surface area (Å²) in [5.74, 6) is 0. The average Bonchev–Trinajstić information content (AvgIpc) is 3.21. The van der Waals surface area contributed by atoms with E-state index in [4.69, 9.17) is 0 Å². The minimum Gasteiger partial charge on any atom is -0.310 e. The van der Waals surface area contributed by atoms with E-state index in [0.29, 0.717) is 0 Å². The third-order valence-corrected chi connectivity index (χ3v) is 9.80. The smallest absolute Gasteiger partial charge is 0.0540 e. The predicted molar refractivity (Wildman–Crippen MR) is 218 cm³/mol. The highest BCUT2D eigenvalue weighted by atomic mass is 15.1. The number of anilines is 3. The first kappa shape index (κ1) is 30.4. The van der Waals surface area contributed by atoms with E-state index >= 15 is 0 Å². The first-order valence-electron chi connectivity index (χ1n) is 17.5. The second-order valence-electron chi connectivity index (χ2n) is 13.0. The van der Waals surface area contributed by atoms with Gasteiger partial charge in [-0.15, -0.1) is 0 Å². The van der Waals surface area contributed by atoms with Gasteiger partial charge >= 0.3 is 0 Å². The van der Waals surface area contributed by atoms with Crippen LogP contribution in [0.2, 0.25) is 0 Å². The Labute approximate surface area is 299 Å². The molecule has 0 amide bonds. The Morgan fingerprint density at radius 2 is 0.765 bits per heavy atom. The average molecular weight is 650 g/mol. The molecular weight excluding hydrogens is 615 g/mol. The topological polar surface area (TPSA) is 3.24 Å². The Hall–Kier alpha value is -6.70. The first-order valence-corrected chi connectivity index (χ1v) is 17.5. The molecule has 0 aromatic heterocycles. The molecule has 9 aromatic carbocycles. The summed E-state index contributed by atoms with van der Waals surface area (Å²) in [5, 5.41) is 4.90. The van der Waals surface area contributed by atoms with Crippen LogP contribution in [0.4, 0.5) is 17.1 Å². The van der Waals surface area contributed by atoms with Gasteiger partial charge < -0.3 is 4.90 Å². The summed E-state index contributed by atoms with van der Waals surface area (Å²) in [7, 11) is 0. The minimum absolute atomic E-state index is 1.10. The Morgan fingerprint density at radius 1 is 0.255 bits per heavy atom. The van der Waals surface area contributed by atoms with Gasteiger partial charge in [0.05, 0.1) is 5.69 Å². The van der Waals surface area contributed by atoms with Gasteiger partial charge in [-0.05, 0) is 103 Å². The number of rotatable bonds is 7. The Morgan fingerprint density at radius 3 is 1.47 bits per heavy atom. The van der Waals surface area contributed by atoms with Crippen molar-refractivity contribution >= 4 is 38.6 Å². The molecule has 51 heavy (non-hydrogen) atoms. The third-order valence-electron chi connectivity index (χ3n) is 9.80. The molecule has 0 saturated heterocycles. The van der Waals surface area contributed by atoms with E-state index in [1.165, 1.54) is 66.1 Å². The second kappa shape index (κ2) is 13.3. The first-order chi connectivity index (χ1) is 25.3. The molecule has 0 spiro atoms. The van der Waals surface area contributed by atoms with E-state index in [0.717, 1.165) is 17.1 Å². The van der Waals surface area contributed by atoms with Gasteiger partial charge in [0.2, 0.25) is 0 Å². The van der Waals surface area contributed by atoms with Crippen LogP contribution in [0.25, 0.3) is 66.1 Å². The molecule has 0 radical (unpaired) electrons. The van der Waals surface area contributed by atoms with E-state index in [9.17, 15) is 0 Å². The maximum Gasteiger partial charge on any atom is 0.0540 e. The number of benzene rings is 9. The highest BCUT2D eigenvalue weighted by Crippen LogP contribution is 2.43. The fourth-order valence-corrected chi connectivity index (χ4v) is 7.31. The summed E-state index contributed by atoms with van der Waals surface area (Å²) in [5.41, 5.74) is 12.9. The van der Waals surface area contributed by atoms with E-state index < -0.39 is 0 Å². The van der Waals surface area contributed by atoms with Gasteiger partial charge in [0.1, 0.15) is 0 Å². The molecule has 9 rings (SSSR count). The van der Waals surface area contributed by atoms with E-state index in [1.54, 1.807) is 0 Å². The number of hydrogen-bond donors (Lipinski definition) is 0. The molecule has 0 heterocycles. The van der Waals surface area contributed by atoms with Crippen LogP contribution < -0.4 is 4.90 Å². The zero-order chi connectivity index (χ0) is 34.0. The molecule has 1 nitrogen and oxygen atoms in total. The van der Waals surface area contributed by atoms with E-state index in [1.807, 2.05) is 0 Å². The van der Waals surface area contributed by atoms with Crippen molar-refractivity contribution in [2.75, 3.05) is 4.90 Å². The largest absolute Gasteiger partial charge is 0.310 e. The van der Waals surface area contributed by atoms with Crippen molar-refractivity contribution < 1.29 is 0 Å². The molecule has 0 aliphatic carbocycles. The second-order valence-corrected chi connectivity index (χ2v) is 13.0. The van der Waals surface area contributed by atoms with Crippen molar-refractivity contribution in [3.63, 3.8) is 0 Å². The van der Waals surface area contributed by atoms with Crippen LogP contribution in [0.5, 0.6) is 0 Å². The van der Waals surface area contributed by atoms with Gasteiger partial charge in [-0.3, -0.25) is 0 Å². The standard InChI is InChI=1S/C50H35N/c1-4-15-36(16-5-1)43-31-44(37-17-6-2-7-18-37)34-46(33-43)51(50-28-14-23-39-21-10-11-26-48(39)50)45-25-12-24-41(32-45)42-30-29-40-22-13-27-47(49(40)35-42)38-19-8-3-9-20-38/h1-35H. The zero-order valence-electron chi connectivity index (χ0n) is 28.2. The summed E-state index contributed by atoms with van der Waals surface area (Å²) in [4.78, 5) is 2.43. The highest BCUT2D eigenvalue weighted by molar-refractivity contribution is 6.01. The van der Waals surface area contributed by atoms with Crippen molar-refractivity contribution in [2.24, 2.45) is 0 Å². The van der Waals surface area contributed by atoms with Gasteiger partial charge in [0, 0.05) is 16.8 Å². The minimum atomic E-state index is 1.10. The van der Waals surface area contributed by atoms with Crippen LogP contribution in [0, 0.1) is 0 Å². The van der Waals surface area contributed by atoms with Crippen molar-refractivity contribution in [3.8, 4) is 44.5 Å². The Bertz CT molecular complexity index is 2560. The summed E-state index contributed by atoms with van der Waals surface area (Å²) >= 11 is 0. The SMILES string of the molecule is c1ccc(-c2cc(-c3ccccc3)cc(N(c3cccc(-c4ccc5cccc(-c6ccccc6)c5c4)c3)c3cccc4ccccc34)c2)cc1.